The predicted molar refractivity (Wildman–Crippen MR) is 83.5 cm³/mol. The van der Waals surface area contributed by atoms with E-state index in [-0.39, 0.29) is 0 Å². The molecule has 0 atom stereocenters. The van der Waals surface area contributed by atoms with Crippen LogP contribution in [0.25, 0.3) is 0 Å². The van der Waals surface area contributed by atoms with Crippen LogP contribution in [0.1, 0.15) is 22.3 Å². The summed E-state index contributed by atoms with van der Waals surface area (Å²) in [6.07, 6.45) is 0. The second kappa shape index (κ2) is 7.21. The summed E-state index contributed by atoms with van der Waals surface area (Å²) in [6, 6.07) is 18.0. The average Bonchev–Trinajstić information content (AvgIpc) is 2.59. The Labute approximate surface area is 135 Å². The maximum absolute atomic E-state index is 9.00. The third-order valence-electron chi connectivity index (χ3n) is 2.70. The Balaban J connectivity index is 2.18. The van der Waals surface area contributed by atoms with Gasteiger partial charge < -0.3 is 0 Å². The van der Waals surface area contributed by atoms with Crippen LogP contribution in [0.15, 0.2) is 46.2 Å². The van der Waals surface area contributed by atoms with Gasteiger partial charge >= 0.3 is 0 Å². The maximum atomic E-state index is 9.00. The summed E-state index contributed by atoms with van der Waals surface area (Å²) in [4.78, 5) is 1.67. The van der Waals surface area contributed by atoms with Gasteiger partial charge in [-0.15, -0.1) is 0 Å². The molecule has 0 aromatic heterocycles. The monoisotopic (exact) mass is 318 g/mol. The normalized spacial score (nSPS) is 9.09. The summed E-state index contributed by atoms with van der Waals surface area (Å²) >= 11 is 0. The van der Waals surface area contributed by atoms with Crippen molar-refractivity contribution >= 4 is 21.6 Å². The molecule has 6 heteroatoms. The summed E-state index contributed by atoms with van der Waals surface area (Å²) in [5.41, 5.74) is 1.38. The average molecular weight is 318 g/mol. The molecule has 0 spiro atoms. The topological polar surface area (TPSA) is 95.2 Å². The molecule has 0 radical (unpaired) electrons. The van der Waals surface area contributed by atoms with Crippen molar-refractivity contribution in [1.82, 2.24) is 0 Å². The smallest absolute Gasteiger partial charge is 0.101 e. The molecule has 0 N–H and O–H groups in total. The zero-order valence-corrected chi connectivity index (χ0v) is 12.7. The zero-order chi connectivity index (χ0) is 15.9. The van der Waals surface area contributed by atoms with Crippen molar-refractivity contribution in [1.29, 1.82) is 21.0 Å². The predicted octanol–water partition coefficient (Wildman–Crippen LogP) is 3.97. The number of benzene rings is 2. The molecule has 0 amide bonds. The van der Waals surface area contributed by atoms with Crippen LogP contribution in [0.2, 0.25) is 0 Å². The minimum Gasteiger partial charge on any atom is -0.192 e. The van der Waals surface area contributed by atoms with Gasteiger partial charge in [-0.05, 0) is 36.4 Å². The first kappa shape index (κ1) is 15.5. The number of hydrogen-bond acceptors (Lipinski definition) is 6. The molecule has 0 aliphatic carbocycles. The highest BCUT2D eigenvalue weighted by Gasteiger charge is 2.06. The zero-order valence-electron chi connectivity index (χ0n) is 11.1. The van der Waals surface area contributed by atoms with E-state index in [1.54, 1.807) is 36.4 Å². The molecule has 0 unspecified atom stereocenters. The van der Waals surface area contributed by atoms with Gasteiger partial charge in [0.2, 0.25) is 0 Å². The van der Waals surface area contributed by atoms with E-state index < -0.39 is 0 Å². The first-order chi connectivity index (χ1) is 10.7. The Hall–Kier alpha value is -2.90. The number of rotatable bonds is 3. The summed E-state index contributed by atoms with van der Waals surface area (Å²) in [5.74, 6) is 0. The lowest BCUT2D eigenvalue weighted by atomic mass is 10.1. The Morgan fingerprint density at radius 1 is 0.545 bits per heavy atom. The fraction of sp³-hybridized carbons (Fsp3) is 0. The molecule has 0 aliphatic rings. The molecule has 2 rings (SSSR count). The second-order valence-electron chi connectivity index (χ2n) is 4.03. The molecule has 0 aliphatic heterocycles. The molecule has 102 valence electrons. The van der Waals surface area contributed by atoms with Crippen LogP contribution in [0, 0.1) is 45.3 Å². The van der Waals surface area contributed by atoms with Crippen LogP contribution < -0.4 is 0 Å². The highest BCUT2D eigenvalue weighted by molar-refractivity contribution is 8.76. The highest BCUT2D eigenvalue weighted by atomic mass is 33.1. The van der Waals surface area contributed by atoms with Gasteiger partial charge in [-0.25, -0.2) is 0 Å². The molecule has 2 aromatic rings. The number of nitriles is 4. The van der Waals surface area contributed by atoms with E-state index >= 15 is 0 Å². The summed E-state index contributed by atoms with van der Waals surface area (Å²) in [7, 11) is 2.84. The van der Waals surface area contributed by atoms with Crippen LogP contribution in [-0.4, -0.2) is 0 Å². The largest absolute Gasteiger partial charge is 0.192 e. The SMILES string of the molecule is N#Cc1ccc(SSc2ccc(C#N)c(C#N)c2)cc1C#N. The van der Waals surface area contributed by atoms with Crippen molar-refractivity contribution in [2.24, 2.45) is 0 Å². The van der Waals surface area contributed by atoms with Crippen molar-refractivity contribution in [3.63, 3.8) is 0 Å². The molecule has 4 nitrogen and oxygen atoms in total. The van der Waals surface area contributed by atoms with Gasteiger partial charge in [0.15, 0.2) is 0 Å². The lowest BCUT2D eigenvalue weighted by Gasteiger charge is -2.03. The van der Waals surface area contributed by atoms with Crippen molar-refractivity contribution in [3.05, 3.63) is 58.7 Å². The summed E-state index contributed by atoms with van der Waals surface area (Å²) in [6.45, 7) is 0. The molecule has 2 aromatic carbocycles. The quantitative estimate of drug-likeness (QED) is 0.794. The Morgan fingerprint density at radius 3 is 1.23 bits per heavy atom. The summed E-state index contributed by atoms with van der Waals surface area (Å²) in [5, 5.41) is 35.8. The lowest BCUT2D eigenvalue weighted by Crippen LogP contribution is -1.84. The van der Waals surface area contributed by atoms with Crippen LogP contribution in [0.3, 0.4) is 0 Å². The Bertz CT molecular complexity index is 817. The van der Waals surface area contributed by atoms with Crippen LogP contribution >= 0.6 is 21.6 Å². The van der Waals surface area contributed by atoms with Crippen molar-refractivity contribution < 1.29 is 0 Å². The minimum absolute atomic E-state index is 0.339. The number of hydrogen-bond donors (Lipinski definition) is 0. The van der Waals surface area contributed by atoms with E-state index in [2.05, 4.69) is 0 Å². The fourth-order valence-corrected chi connectivity index (χ4v) is 3.60. The van der Waals surface area contributed by atoms with Gasteiger partial charge in [-0.1, -0.05) is 21.6 Å². The third-order valence-corrected chi connectivity index (χ3v) is 5.08. The van der Waals surface area contributed by atoms with Crippen LogP contribution in [0.4, 0.5) is 0 Å². The molecule has 0 fully saturated rings. The molecule has 22 heavy (non-hydrogen) atoms. The van der Waals surface area contributed by atoms with Gasteiger partial charge in [0, 0.05) is 9.79 Å². The first-order valence-corrected chi connectivity index (χ1v) is 8.10. The van der Waals surface area contributed by atoms with E-state index in [1.165, 1.54) is 21.6 Å². The Morgan fingerprint density at radius 2 is 0.909 bits per heavy atom. The molecular weight excluding hydrogens is 312 g/mol. The van der Waals surface area contributed by atoms with Crippen molar-refractivity contribution in [3.8, 4) is 24.3 Å². The van der Waals surface area contributed by atoms with Gasteiger partial charge in [0.25, 0.3) is 0 Å². The van der Waals surface area contributed by atoms with E-state index in [1.807, 2.05) is 24.3 Å². The van der Waals surface area contributed by atoms with Gasteiger partial charge in [-0.2, -0.15) is 21.0 Å². The molecular formula is C16H6N4S2. The molecule has 0 heterocycles. The van der Waals surface area contributed by atoms with E-state index in [0.717, 1.165) is 9.79 Å². The minimum atomic E-state index is 0.339. The lowest BCUT2D eigenvalue weighted by molar-refractivity contribution is 1.36. The fourth-order valence-electron chi connectivity index (χ4n) is 1.63. The highest BCUT2D eigenvalue weighted by Crippen LogP contribution is 2.38. The standard InChI is InChI=1S/C16H6N4S2/c17-7-11-1-3-15(5-13(11)9-19)21-22-16-4-2-12(8-18)14(6-16)10-20/h1-6H. The molecule has 0 saturated carbocycles. The second-order valence-corrected chi connectivity index (χ2v) is 6.30. The van der Waals surface area contributed by atoms with Crippen molar-refractivity contribution in [2.75, 3.05) is 0 Å². The van der Waals surface area contributed by atoms with Gasteiger partial charge in [0.05, 0.1) is 22.3 Å². The van der Waals surface area contributed by atoms with Gasteiger partial charge in [-0.3, -0.25) is 0 Å². The van der Waals surface area contributed by atoms with E-state index in [9.17, 15) is 0 Å². The third kappa shape index (κ3) is 3.40. The van der Waals surface area contributed by atoms with Crippen LogP contribution in [-0.2, 0) is 0 Å². The van der Waals surface area contributed by atoms with E-state index in [0.29, 0.717) is 22.3 Å². The van der Waals surface area contributed by atoms with Gasteiger partial charge in [0.1, 0.15) is 24.3 Å². The number of nitrogens with zero attached hydrogens (tertiary/aromatic N) is 4. The Kier molecular flexibility index (Phi) is 5.07. The van der Waals surface area contributed by atoms with E-state index in [4.69, 9.17) is 21.0 Å². The maximum Gasteiger partial charge on any atom is 0.101 e. The van der Waals surface area contributed by atoms with Crippen LogP contribution in [0.5, 0.6) is 0 Å². The van der Waals surface area contributed by atoms with Crippen molar-refractivity contribution in [2.45, 2.75) is 9.79 Å². The first-order valence-electron chi connectivity index (χ1n) is 5.95. The summed E-state index contributed by atoms with van der Waals surface area (Å²) < 4.78 is 0. The molecule has 0 bridgehead atoms. The molecule has 0 saturated heterocycles.